The monoisotopic (exact) mass is 298 g/mol. The summed E-state index contributed by atoms with van der Waals surface area (Å²) in [6.07, 6.45) is 20.5. The minimum absolute atomic E-state index is 0.512. The van der Waals surface area contributed by atoms with Crippen LogP contribution in [0, 0.1) is 0 Å². The third kappa shape index (κ3) is 15.8. The molecule has 0 heterocycles. The van der Waals surface area contributed by atoms with Crippen LogP contribution in [-0.4, -0.2) is 31.5 Å². The van der Waals surface area contributed by atoms with E-state index < -0.39 is 0 Å². The molecule has 0 aliphatic carbocycles. The highest BCUT2D eigenvalue weighted by Gasteiger charge is 2.11. The van der Waals surface area contributed by atoms with Gasteiger partial charge in [0.25, 0.3) is 0 Å². The molecule has 0 saturated heterocycles. The molecule has 2 nitrogen and oxygen atoms in total. The topological polar surface area (TPSA) is 17.1 Å². The Labute approximate surface area is 133 Å². The first-order valence-corrected chi connectivity index (χ1v) is 9.41. The zero-order chi connectivity index (χ0) is 15.8. The van der Waals surface area contributed by atoms with E-state index in [1.54, 1.807) is 0 Å². The third-order valence-electron chi connectivity index (χ3n) is 4.37. The predicted octanol–water partition coefficient (Wildman–Crippen LogP) is 5.70. The van der Waals surface area contributed by atoms with Gasteiger partial charge in [-0.3, -0.25) is 4.48 Å². The highest BCUT2D eigenvalue weighted by molar-refractivity contribution is 5.36. The van der Waals surface area contributed by atoms with Crippen LogP contribution in [0.1, 0.15) is 96.8 Å². The molecule has 0 unspecified atom stereocenters. The second kappa shape index (κ2) is 14.6. The molecule has 0 atom stereocenters. The van der Waals surface area contributed by atoms with E-state index >= 15 is 0 Å². The van der Waals surface area contributed by atoms with Crippen molar-refractivity contribution in [2.75, 3.05) is 20.6 Å². The Morgan fingerprint density at radius 3 is 1.29 bits per heavy atom. The number of amides is 1. The summed E-state index contributed by atoms with van der Waals surface area (Å²) in [5.41, 5.74) is 0. The summed E-state index contributed by atoms with van der Waals surface area (Å²) < 4.78 is 0.512. The molecule has 126 valence electrons. The fraction of sp³-hybridized carbons (Fsp3) is 0.947. The Kier molecular flexibility index (Phi) is 14.3. The number of unbranched alkanes of at least 4 members (excludes halogenated alkanes) is 13. The van der Waals surface area contributed by atoms with Crippen molar-refractivity contribution in [1.29, 1.82) is 0 Å². The minimum atomic E-state index is 0.512. The normalized spacial score (nSPS) is 11.8. The lowest BCUT2D eigenvalue weighted by atomic mass is 10.0. The predicted molar refractivity (Wildman–Crippen MR) is 93.4 cm³/mol. The van der Waals surface area contributed by atoms with E-state index in [0.29, 0.717) is 4.48 Å². The summed E-state index contributed by atoms with van der Waals surface area (Å²) in [6.45, 7) is 3.27. The maximum atomic E-state index is 10.8. The van der Waals surface area contributed by atoms with Gasteiger partial charge in [-0.2, -0.15) is 0 Å². The standard InChI is InChI=1S/C19H40NO/c1-4-5-6-7-8-9-10-11-12-13-14-15-16-17-18-20(2,3)19-21/h19H,4-18H2,1-3H3/q+1. The van der Waals surface area contributed by atoms with Crippen LogP contribution in [-0.2, 0) is 4.79 Å². The first kappa shape index (κ1) is 20.6. The molecule has 0 bridgehead atoms. The molecule has 0 aromatic carbocycles. The number of nitrogens with zero attached hydrogens (tertiary/aromatic N) is 1. The van der Waals surface area contributed by atoms with Gasteiger partial charge in [-0.1, -0.05) is 84.0 Å². The van der Waals surface area contributed by atoms with Crippen LogP contribution in [0.2, 0.25) is 0 Å². The average molecular weight is 299 g/mol. The third-order valence-corrected chi connectivity index (χ3v) is 4.37. The molecule has 0 radical (unpaired) electrons. The molecule has 0 saturated carbocycles. The highest BCUT2D eigenvalue weighted by Crippen LogP contribution is 2.13. The van der Waals surface area contributed by atoms with Crippen LogP contribution in [0.4, 0.5) is 0 Å². The number of carbonyl (C=O) groups is 1. The van der Waals surface area contributed by atoms with Gasteiger partial charge in [-0.25, -0.2) is 4.79 Å². The van der Waals surface area contributed by atoms with Crippen molar-refractivity contribution in [3.8, 4) is 0 Å². The lowest BCUT2D eigenvalue weighted by Gasteiger charge is -2.20. The van der Waals surface area contributed by atoms with Crippen LogP contribution in [0.5, 0.6) is 0 Å². The summed E-state index contributed by atoms with van der Waals surface area (Å²) in [6, 6.07) is 0. The van der Waals surface area contributed by atoms with Gasteiger partial charge in [0, 0.05) is 0 Å². The quantitative estimate of drug-likeness (QED) is 0.203. The van der Waals surface area contributed by atoms with Gasteiger partial charge in [-0.15, -0.1) is 0 Å². The Morgan fingerprint density at radius 1 is 0.619 bits per heavy atom. The summed E-state index contributed by atoms with van der Waals surface area (Å²) in [5, 5.41) is 0. The number of hydrogen-bond donors (Lipinski definition) is 0. The Balaban J connectivity index is 3.08. The zero-order valence-corrected chi connectivity index (χ0v) is 15.0. The van der Waals surface area contributed by atoms with Gasteiger partial charge in [0.1, 0.15) is 0 Å². The van der Waals surface area contributed by atoms with Crippen molar-refractivity contribution in [1.82, 2.24) is 0 Å². The number of hydrogen-bond acceptors (Lipinski definition) is 1. The van der Waals surface area contributed by atoms with Gasteiger partial charge in [0.15, 0.2) is 0 Å². The van der Waals surface area contributed by atoms with Crippen LogP contribution in [0.25, 0.3) is 0 Å². The largest absolute Gasteiger partial charge is 0.301 e. The molecular formula is C19H40NO+. The van der Waals surface area contributed by atoms with Crippen molar-refractivity contribution in [2.24, 2.45) is 0 Å². The Hall–Kier alpha value is -0.370. The second-order valence-corrected chi connectivity index (χ2v) is 7.20. The minimum Gasteiger partial charge on any atom is -0.268 e. The van der Waals surface area contributed by atoms with Gasteiger partial charge in [0.2, 0.25) is 0 Å². The molecule has 0 aromatic heterocycles. The molecule has 2 heteroatoms. The maximum absolute atomic E-state index is 10.8. The van der Waals surface area contributed by atoms with Crippen molar-refractivity contribution in [3.05, 3.63) is 0 Å². The molecule has 0 rings (SSSR count). The fourth-order valence-electron chi connectivity index (χ4n) is 2.77. The Bertz CT molecular complexity index is 226. The molecule has 1 amide bonds. The van der Waals surface area contributed by atoms with Crippen LogP contribution in [0.15, 0.2) is 0 Å². The van der Waals surface area contributed by atoms with E-state index in [1.165, 1.54) is 89.9 Å². The van der Waals surface area contributed by atoms with E-state index in [-0.39, 0.29) is 0 Å². The number of carbonyl (C=O) groups excluding carboxylic acids is 1. The van der Waals surface area contributed by atoms with Crippen molar-refractivity contribution >= 4 is 6.41 Å². The average Bonchev–Trinajstić information content (AvgIpc) is 2.47. The van der Waals surface area contributed by atoms with E-state index in [1.807, 2.05) is 14.1 Å². The van der Waals surface area contributed by atoms with E-state index in [2.05, 4.69) is 6.92 Å². The van der Waals surface area contributed by atoms with Gasteiger partial charge in [0.05, 0.1) is 20.6 Å². The van der Waals surface area contributed by atoms with Crippen LogP contribution >= 0.6 is 0 Å². The molecule has 0 N–H and O–H groups in total. The first-order valence-electron chi connectivity index (χ1n) is 9.41. The molecule has 0 aliphatic rings. The number of rotatable bonds is 16. The van der Waals surface area contributed by atoms with Crippen molar-refractivity contribution < 1.29 is 9.28 Å². The second-order valence-electron chi connectivity index (χ2n) is 7.20. The SMILES string of the molecule is CCCCCCCCCCCCCCCC[N+](C)(C)C=O. The highest BCUT2D eigenvalue weighted by atomic mass is 16.1. The summed E-state index contributed by atoms with van der Waals surface area (Å²) >= 11 is 0. The molecule has 0 fully saturated rings. The molecular weight excluding hydrogens is 258 g/mol. The summed E-state index contributed by atoms with van der Waals surface area (Å²) in [7, 11) is 3.96. The van der Waals surface area contributed by atoms with Gasteiger partial charge < -0.3 is 0 Å². The number of quaternary nitrogens is 1. The lowest BCUT2D eigenvalue weighted by molar-refractivity contribution is -0.804. The fourth-order valence-corrected chi connectivity index (χ4v) is 2.77. The van der Waals surface area contributed by atoms with E-state index in [9.17, 15) is 4.79 Å². The molecule has 21 heavy (non-hydrogen) atoms. The zero-order valence-electron chi connectivity index (χ0n) is 15.0. The smallest absolute Gasteiger partial charge is 0.268 e. The van der Waals surface area contributed by atoms with Gasteiger partial charge in [-0.05, 0) is 12.8 Å². The van der Waals surface area contributed by atoms with Crippen molar-refractivity contribution in [3.63, 3.8) is 0 Å². The summed E-state index contributed by atoms with van der Waals surface area (Å²) in [4.78, 5) is 10.8. The summed E-state index contributed by atoms with van der Waals surface area (Å²) in [5.74, 6) is 0. The van der Waals surface area contributed by atoms with Gasteiger partial charge >= 0.3 is 6.41 Å². The Morgan fingerprint density at radius 2 is 0.952 bits per heavy atom. The lowest BCUT2D eigenvalue weighted by Crippen LogP contribution is -2.38. The van der Waals surface area contributed by atoms with Crippen molar-refractivity contribution in [2.45, 2.75) is 96.8 Å². The maximum Gasteiger partial charge on any atom is 0.301 e. The molecule has 0 aromatic rings. The van der Waals surface area contributed by atoms with Crippen LogP contribution in [0.3, 0.4) is 0 Å². The molecule has 0 aliphatic heterocycles. The van der Waals surface area contributed by atoms with E-state index in [0.717, 1.165) is 13.0 Å². The van der Waals surface area contributed by atoms with Crippen LogP contribution < -0.4 is 0 Å². The van der Waals surface area contributed by atoms with E-state index in [4.69, 9.17) is 0 Å². The first-order chi connectivity index (χ1) is 10.1. The molecule has 0 spiro atoms.